The van der Waals surface area contributed by atoms with Gasteiger partial charge in [-0.1, -0.05) is 47.6 Å². The zero-order valence-electron chi connectivity index (χ0n) is 15.7. The van der Waals surface area contributed by atoms with Crippen LogP contribution in [0.3, 0.4) is 0 Å². The minimum Gasteiger partial charge on any atom is -0.355 e. The molecule has 3 aromatic rings. The molecule has 0 spiro atoms. The molecule has 1 N–H and O–H groups in total. The first-order valence-electron chi connectivity index (χ1n) is 9.03. The topological polar surface area (TPSA) is 71.3 Å². The van der Waals surface area contributed by atoms with E-state index in [-0.39, 0.29) is 5.91 Å². The highest BCUT2D eigenvalue weighted by Crippen LogP contribution is 2.15. The highest BCUT2D eigenvalue weighted by molar-refractivity contribution is 5.93. The molecule has 0 aliphatic carbocycles. The Morgan fingerprint density at radius 1 is 1.11 bits per heavy atom. The summed E-state index contributed by atoms with van der Waals surface area (Å²) >= 11 is 0. The molecule has 0 fully saturated rings. The number of aromatic nitrogens is 2. The molecule has 0 aliphatic rings. The van der Waals surface area contributed by atoms with Gasteiger partial charge in [-0.2, -0.15) is 4.98 Å². The minimum absolute atomic E-state index is 0.0654. The predicted molar refractivity (Wildman–Crippen MR) is 104 cm³/mol. The Morgan fingerprint density at radius 2 is 1.85 bits per heavy atom. The highest BCUT2D eigenvalue weighted by atomic mass is 16.5. The standard InChI is InChI=1S/C21H24N4O2/c1-22-21(26)18-12-10-16(11-13-18)15-25(2)14-6-9-19-23-20(24-27-19)17-7-4-3-5-8-17/h3-5,7-8,10-13H,6,9,14-15H2,1-2H3,(H,22,26). The first kappa shape index (κ1) is 18.8. The van der Waals surface area contributed by atoms with Gasteiger partial charge in [0.2, 0.25) is 11.7 Å². The number of amides is 1. The Kier molecular flexibility index (Phi) is 6.33. The van der Waals surface area contributed by atoms with Crippen LogP contribution in [0.4, 0.5) is 0 Å². The first-order chi connectivity index (χ1) is 13.2. The van der Waals surface area contributed by atoms with Gasteiger partial charge in [0.05, 0.1) is 0 Å². The van der Waals surface area contributed by atoms with E-state index in [1.807, 2.05) is 54.6 Å². The van der Waals surface area contributed by atoms with E-state index in [1.165, 1.54) is 5.56 Å². The van der Waals surface area contributed by atoms with Gasteiger partial charge in [-0.05, 0) is 37.7 Å². The second kappa shape index (κ2) is 9.09. The van der Waals surface area contributed by atoms with Gasteiger partial charge in [0, 0.05) is 31.1 Å². The molecule has 6 heteroatoms. The molecule has 0 unspecified atom stereocenters. The largest absolute Gasteiger partial charge is 0.355 e. The van der Waals surface area contributed by atoms with Crippen LogP contribution >= 0.6 is 0 Å². The zero-order chi connectivity index (χ0) is 19.1. The van der Waals surface area contributed by atoms with E-state index in [0.29, 0.717) is 17.3 Å². The van der Waals surface area contributed by atoms with Gasteiger partial charge in [0.15, 0.2) is 0 Å². The van der Waals surface area contributed by atoms with Crippen molar-refractivity contribution < 1.29 is 9.32 Å². The van der Waals surface area contributed by atoms with Crippen LogP contribution in [-0.2, 0) is 13.0 Å². The van der Waals surface area contributed by atoms with Crippen molar-refractivity contribution in [3.05, 3.63) is 71.6 Å². The van der Waals surface area contributed by atoms with E-state index in [1.54, 1.807) is 7.05 Å². The normalized spacial score (nSPS) is 10.9. The van der Waals surface area contributed by atoms with Crippen LogP contribution in [-0.4, -0.2) is 41.6 Å². The third-order valence-electron chi connectivity index (χ3n) is 4.33. The van der Waals surface area contributed by atoms with Gasteiger partial charge >= 0.3 is 0 Å². The predicted octanol–water partition coefficient (Wildman–Crippen LogP) is 3.16. The Morgan fingerprint density at radius 3 is 2.56 bits per heavy atom. The molecule has 140 valence electrons. The average Bonchev–Trinajstić information content (AvgIpc) is 3.17. The lowest BCUT2D eigenvalue weighted by Gasteiger charge is -2.16. The Labute approximate surface area is 159 Å². The van der Waals surface area contributed by atoms with Crippen molar-refractivity contribution in [2.24, 2.45) is 0 Å². The van der Waals surface area contributed by atoms with Crippen LogP contribution < -0.4 is 5.32 Å². The van der Waals surface area contributed by atoms with Gasteiger partial charge in [0.25, 0.3) is 5.91 Å². The molecule has 1 heterocycles. The van der Waals surface area contributed by atoms with Gasteiger partial charge in [0.1, 0.15) is 0 Å². The fourth-order valence-electron chi connectivity index (χ4n) is 2.86. The summed E-state index contributed by atoms with van der Waals surface area (Å²) in [5, 5.41) is 6.68. The van der Waals surface area contributed by atoms with Crippen LogP contribution in [0.25, 0.3) is 11.4 Å². The summed E-state index contributed by atoms with van der Waals surface area (Å²) in [6.07, 6.45) is 1.68. The van der Waals surface area contributed by atoms with Gasteiger partial charge < -0.3 is 14.7 Å². The number of aryl methyl sites for hydroxylation is 1. The summed E-state index contributed by atoms with van der Waals surface area (Å²) in [6.45, 7) is 1.74. The Balaban J connectivity index is 1.45. The molecule has 0 aliphatic heterocycles. The first-order valence-corrected chi connectivity index (χ1v) is 9.03. The van der Waals surface area contributed by atoms with Crippen LogP contribution in [0.15, 0.2) is 59.1 Å². The molecule has 0 radical (unpaired) electrons. The molecule has 6 nitrogen and oxygen atoms in total. The van der Waals surface area contributed by atoms with Crippen molar-refractivity contribution in [1.29, 1.82) is 0 Å². The van der Waals surface area contributed by atoms with Gasteiger partial charge in [-0.3, -0.25) is 4.79 Å². The van der Waals surface area contributed by atoms with Gasteiger partial charge in [-0.25, -0.2) is 0 Å². The number of rotatable bonds is 8. The summed E-state index contributed by atoms with van der Waals surface area (Å²) in [6, 6.07) is 17.5. The molecule has 0 saturated heterocycles. The number of nitrogens with zero attached hydrogens (tertiary/aromatic N) is 3. The van der Waals surface area contributed by atoms with Crippen molar-refractivity contribution in [3.8, 4) is 11.4 Å². The summed E-state index contributed by atoms with van der Waals surface area (Å²) < 4.78 is 5.35. The van der Waals surface area contributed by atoms with Crippen molar-refractivity contribution in [2.45, 2.75) is 19.4 Å². The zero-order valence-corrected chi connectivity index (χ0v) is 15.7. The van der Waals surface area contributed by atoms with E-state index in [4.69, 9.17) is 4.52 Å². The Bertz CT molecular complexity index is 859. The van der Waals surface area contributed by atoms with Crippen molar-refractivity contribution in [1.82, 2.24) is 20.4 Å². The molecular formula is C21H24N4O2. The smallest absolute Gasteiger partial charge is 0.251 e. The van der Waals surface area contributed by atoms with E-state index < -0.39 is 0 Å². The van der Waals surface area contributed by atoms with Crippen molar-refractivity contribution in [2.75, 3.05) is 20.6 Å². The van der Waals surface area contributed by atoms with Crippen LogP contribution in [0, 0.1) is 0 Å². The van der Waals surface area contributed by atoms with E-state index in [2.05, 4.69) is 27.4 Å². The maximum Gasteiger partial charge on any atom is 0.251 e. The SMILES string of the molecule is CNC(=O)c1ccc(CN(C)CCCc2nc(-c3ccccc3)no2)cc1. The molecular weight excluding hydrogens is 340 g/mol. The monoisotopic (exact) mass is 364 g/mol. The molecule has 27 heavy (non-hydrogen) atoms. The quantitative estimate of drug-likeness (QED) is 0.665. The number of carbonyl (C=O) groups excluding carboxylic acids is 1. The summed E-state index contributed by atoms with van der Waals surface area (Å²) in [7, 11) is 3.71. The highest BCUT2D eigenvalue weighted by Gasteiger charge is 2.09. The molecule has 2 aromatic carbocycles. The molecule has 0 atom stereocenters. The molecule has 1 aromatic heterocycles. The van der Waals surface area contributed by atoms with E-state index in [9.17, 15) is 4.79 Å². The number of nitrogens with one attached hydrogen (secondary N) is 1. The Hall–Kier alpha value is -2.99. The fraction of sp³-hybridized carbons (Fsp3) is 0.286. The lowest BCUT2D eigenvalue weighted by Crippen LogP contribution is -2.20. The average molecular weight is 364 g/mol. The summed E-state index contributed by atoms with van der Waals surface area (Å²) in [4.78, 5) is 18.3. The summed E-state index contributed by atoms with van der Waals surface area (Å²) in [5.41, 5.74) is 2.81. The van der Waals surface area contributed by atoms with E-state index >= 15 is 0 Å². The van der Waals surface area contributed by atoms with E-state index in [0.717, 1.165) is 31.5 Å². The van der Waals surface area contributed by atoms with Crippen LogP contribution in [0.1, 0.15) is 28.2 Å². The molecule has 0 saturated carbocycles. The van der Waals surface area contributed by atoms with Crippen molar-refractivity contribution >= 4 is 5.91 Å². The fourth-order valence-corrected chi connectivity index (χ4v) is 2.86. The van der Waals surface area contributed by atoms with Crippen LogP contribution in [0.2, 0.25) is 0 Å². The van der Waals surface area contributed by atoms with Gasteiger partial charge in [-0.15, -0.1) is 0 Å². The number of carbonyl (C=O) groups is 1. The lowest BCUT2D eigenvalue weighted by molar-refractivity contribution is 0.0963. The summed E-state index contributed by atoms with van der Waals surface area (Å²) in [5.74, 6) is 1.23. The third kappa shape index (κ3) is 5.24. The maximum absolute atomic E-state index is 11.6. The number of hydrogen-bond donors (Lipinski definition) is 1. The van der Waals surface area contributed by atoms with Crippen LogP contribution in [0.5, 0.6) is 0 Å². The molecule has 3 rings (SSSR count). The van der Waals surface area contributed by atoms with Crippen molar-refractivity contribution in [3.63, 3.8) is 0 Å². The molecule has 1 amide bonds. The second-order valence-electron chi connectivity index (χ2n) is 6.50. The molecule has 0 bridgehead atoms. The third-order valence-corrected chi connectivity index (χ3v) is 4.33. The maximum atomic E-state index is 11.6. The second-order valence-corrected chi connectivity index (χ2v) is 6.50. The minimum atomic E-state index is -0.0654. The number of hydrogen-bond acceptors (Lipinski definition) is 5. The number of benzene rings is 2. The lowest BCUT2D eigenvalue weighted by atomic mass is 10.1.